The number of amides is 2. The molecule has 10 heteroatoms. The molecule has 2 amide bonds. The average Bonchev–Trinajstić information content (AvgIpc) is 3.43. The third kappa shape index (κ3) is 5.63. The number of para-hydroxylation sites is 1. The van der Waals surface area contributed by atoms with Gasteiger partial charge in [-0.2, -0.15) is 5.26 Å². The summed E-state index contributed by atoms with van der Waals surface area (Å²) < 4.78 is 12.9. The average molecular weight is 494 g/mol. The number of thiophene rings is 1. The van der Waals surface area contributed by atoms with E-state index >= 15 is 0 Å². The Hall–Kier alpha value is -3.84. The molecule has 1 aliphatic rings. The number of carbonyl (C=O) groups excluding carboxylic acids is 2. The van der Waals surface area contributed by atoms with Crippen molar-refractivity contribution in [3.05, 3.63) is 64.1 Å². The van der Waals surface area contributed by atoms with E-state index < -0.39 is 6.09 Å². The molecule has 3 heterocycles. The fourth-order valence-electron chi connectivity index (χ4n) is 3.96. The number of aromatic nitrogens is 2. The van der Waals surface area contributed by atoms with E-state index in [9.17, 15) is 14.9 Å². The number of fused-ring (bicyclic) bond motifs is 1. The van der Waals surface area contributed by atoms with Gasteiger partial charge in [0.1, 0.15) is 23.4 Å². The van der Waals surface area contributed by atoms with Gasteiger partial charge in [-0.25, -0.2) is 9.78 Å². The quantitative estimate of drug-likeness (QED) is 0.508. The lowest BCUT2D eigenvalue weighted by Gasteiger charge is -2.26. The molecule has 0 fully saturated rings. The van der Waals surface area contributed by atoms with Crippen molar-refractivity contribution in [2.24, 2.45) is 7.05 Å². The molecule has 1 N–H and O–H groups in total. The third-order valence-corrected chi connectivity index (χ3v) is 6.97. The molecular weight excluding hydrogens is 466 g/mol. The van der Waals surface area contributed by atoms with Gasteiger partial charge in [0.15, 0.2) is 0 Å². The lowest BCUT2D eigenvalue weighted by Crippen LogP contribution is -2.35. The summed E-state index contributed by atoms with van der Waals surface area (Å²) in [5.74, 6) is 0.612. The van der Waals surface area contributed by atoms with Crippen LogP contribution in [0, 0.1) is 11.3 Å². The number of benzene rings is 1. The van der Waals surface area contributed by atoms with E-state index in [2.05, 4.69) is 16.4 Å². The van der Waals surface area contributed by atoms with E-state index in [0.717, 1.165) is 27.4 Å². The number of ether oxygens (including phenoxy) is 2. The Morgan fingerprint density at radius 2 is 2.14 bits per heavy atom. The summed E-state index contributed by atoms with van der Waals surface area (Å²) in [5, 5.41) is 13.2. The Morgan fingerprint density at radius 1 is 1.31 bits per heavy atom. The summed E-state index contributed by atoms with van der Waals surface area (Å²) in [6, 6.07) is 9.90. The van der Waals surface area contributed by atoms with Gasteiger partial charge in [-0.05, 0) is 37.0 Å². The predicted molar refractivity (Wildman–Crippen MR) is 131 cm³/mol. The normalized spacial score (nSPS) is 12.5. The van der Waals surface area contributed by atoms with Gasteiger partial charge < -0.3 is 24.3 Å². The van der Waals surface area contributed by atoms with Crippen molar-refractivity contribution in [1.29, 1.82) is 5.26 Å². The molecule has 2 aromatic heterocycles. The maximum absolute atomic E-state index is 12.7. The zero-order chi connectivity index (χ0) is 24.8. The monoisotopic (exact) mass is 493 g/mol. The Labute approximate surface area is 207 Å². The molecule has 0 saturated heterocycles. The molecule has 0 aliphatic carbocycles. The maximum Gasteiger partial charge on any atom is 0.410 e. The highest BCUT2D eigenvalue weighted by Crippen LogP contribution is 2.37. The smallest absolute Gasteiger partial charge is 0.410 e. The molecule has 182 valence electrons. The topological polar surface area (TPSA) is 109 Å². The van der Waals surface area contributed by atoms with Gasteiger partial charge in [-0.1, -0.05) is 18.2 Å². The number of nitrogens with one attached hydrogen (secondary N) is 1. The zero-order valence-corrected chi connectivity index (χ0v) is 20.6. The van der Waals surface area contributed by atoms with Crippen LogP contribution >= 0.6 is 11.3 Å². The highest BCUT2D eigenvalue weighted by molar-refractivity contribution is 7.16. The number of nitriles is 1. The second-order valence-corrected chi connectivity index (χ2v) is 9.24. The number of nitrogens with zero attached hydrogens (tertiary/aromatic N) is 4. The molecule has 9 nitrogen and oxygen atoms in total. The standard InChI is InChI=1S/C25H27N5O4S/c1-3-33-21-7-5-4-6-17(21)8-9-23(31)28-24-20(12-26)19-10-11-30(14-22(19)35-24)25(32)34-15-18-13-27-16-29(18)2/h4-7,13,16H,3,8-11,14-15H2,1-2H3,(H,28,31). The van der Waals surface area contributed by atoms with Crippen LogP contribution in [-0.2, 0) is 42.6 Å². The summed E-state index contributed by atoms with van der Waals surface area (Å²) in [7, 11) is 1.84. The minimum absolute atomic E-state index is 0.139. The second-order valence-electron chi connectivity index (χ2n) is 8.13. The number of hydrogen-bond acceptors (Lipinski definition) is 7. The Morgan fingerprint density at radius 3 is 2.89 bits per heavy atom. The lowest BCUT2D eigenvalue weighted by molar-refractivity contribution is -0.116. The van der Waals surface area contributed by atoms with E-state index in [1.165, 1.54) is 11.3 Å². The molecule has 0 atom stereocenters. The number of anilines is 1. The van der Waals surface area contributed by atoms with Gasteiger partial charge in [0.25, 0.3) is 0 Å². The predicted octanol–water partition coefficient (Wildman–Crippen LogP) is 4.02. The molecule has 0 bridgehead atoms. The van der Waals surface area contributed by atoms with Crippen LogP contribution in [0.2, 0.25) is 0 Å². The summed E-state index contributed by atoms with van der Waals surface area (Å²) in [6.07, 6.45) is 4.23. The molecular formula is C25H27N5O4S. The van der Waals surface area contributed by atoms with E-state index in [-0.39, 0.29) is 18.9 Å². The number of carbonyl (C=O) groups is 2. The second kappa shape index (κ2) is 11.1. The minimum Gasteiger partial charge on any atom is -0.494 e. The Bertz CT molecular complexity index is 1260. The van der Waals surface area contributed by atoms with Crippen LogP contribution in [0.1, 0.15) is 40.6 Å². The van der Waals surface area contributed by atoms with Crippen molar-refractivity contribution in [2.45, 2.75) is 39.3 Å². The van der Waals surface area contributed by atoms with Crippen molar-refractivity contribution in [2.75, 3.05) is 18.5 Å². The summed E-state index contributed by atoms with van der Waals surface area (Å²) in [6.45, 7) is 3.41. The van der Waals surface area contributed by atoms with Gasteiger partial charge >= 0.3 is 6.09 Å². The van der Waals surface area contributed by atoms with Gasteiger partial charge in [-0.3, -0.25) is 4.79 Å². The molecule has 3 aromatic rings. The van der Waals surface area contributed by atoms with Gasteiger partial charge in [0.2, 0.25) is 5.91 Å². The number of hydrogen-bond donors (Lipinski definition) is 1. The van der Waals surface area contributed by atoms with E-state index in [4.69, 9.17) is 9.47 Å². The number of rotatable bonds is 8. The maximum atomic E-state index is 12.7. The van der Waals surface area contributed by atoms with Crippen LogP contribution < -0.4 is 10.1 Å². The molecule has 0 radical (unpaired) electrons. The molecule has 0 unspecified atom stereocenters. The molecule has 1 aliphatic heterocycles. The number of aryl methyl sites for hydroxylation is 2. The first-order valence-electron chi connectivity index (χ1n) is 11.4. The van der Waals surface area contributed by atoms with Gasteiger partial charge in [0.05, 0.1) is 36.9 Å². The van der Waals surface area contributed by atoms with E-state index in [0.29, 0.717) is 43.1 Å². The van der Waals surface area contributed by atoms with Crippen molar-refractivity contribution < 1.29 is 19.1 Å². The summed E-state index contributed by atoms with van der Waals surface area (Å²) in [5.41, 5.74) is 3.14. The Kier molecular flexibility index (Phi) is 7.67. The van der Waals surface area contributed by atoms with Crippen LogP contribution in [-0.4, -0.2) is 39.6 Å². The van der Waals surface area contributed by atoms with Crippen LogP contribution in [0.15, 0.2) is 36.8 Å². The van der Waals surface area contributed by atoms with E-state index in [1.54, 1.807) is 22.0 Å². The first kappa shape index (κ1) is 24.3. The van der Waals surface area contributed by atoms with Crippen molar-refractivity contribution in [3.8, 4) is 11.8 Å². The fourth-order valence-corrected chi connectivity index (χ4v) is 5.19. The van der Waals surface area contributed by atoms with Crippen molar-refractivity contribution in [3.63, 3.8) is 0 Å². The highest BCUT2D eigenvalue weighted by atomic mass is 32.1. The third-order valence-electron chi connectivity index (χ3n) is 5.83. The molecule has 35 heavy (non-hydrogen) atoms. The summed E-state index contributed by atoms with van der Waals surface area (Å²) >= 11 is 1.34. The van der Waals surface area contributed by atoms with Crippen molar-refractivity contribution in [1.82, 2.24) is 14.5 Å². The van der Waals surface area contributed by atoms with Crippen LogP contribution in [0.5, 0.6) is 5.75 Å². The Balaban J connectivity index is 1.37. The first-order valence-corrected chi connectivity index (χ1v) is 12.2. The van der Waals surface area contributed by atoms with Crippen LogP contribution in [0.3, 0.4) is 0 Å². The highest BCUT2D eigenvalue weighted by Gasteiger charge is 2.28. The van der Waals surface area contributed by atoms with Gasteiger partial charge in [-0.15, -0.1) is 11.3 Å². The lowest BCUT2D eigenvalue weighted by atomic mass is 10.0. The number of imidazole rings is 1. The first-order chi connectivity index (χ1) is 17.0. The fraction of sp³-hybridized carbons (Fsp3) is 0.360. The summed E-state index contributed by atoms with van der Waals surface area (Å²) in [4.78, 5) is 31.8. The van der Waals surface area contributed by atoms with Crippen LogP contribution in [0.25, 0.3) is 0 Å². The molecule has 1 aromatic carbocycles. The zero-order valence-electron chi connectivity index (χ0n) is 19.7. The van der Waals surface area contributed by atoms with E-state index in [1.807, 2.05) is 38.2 Å². The van der Waals surface area contributed by atoms with Crippen LogP contribution in [0.4, 0.5) is 9.80 Å². The molecule has 0 saturated carbocycles. The largest absolute Gasteiger partial charge is 0.494 e. The molecule has 0 spiro atoms. The van der Waals surface area contributed by atoms with Crippen molar-refractivity contribution >= 4 is 28.3 Å². The SMILES string of the molecule is CCOc1ccccc1CCC(=O)Nc1sc2c(c1C#N)CCN(C(=O)OCc1cncn1C)C2. The van der Waals surface area contributed by atoms with Gasteiger partial charge in [0, 0.05) is 24.9 Å². The minimum atomic E-state index is -0.415. The molecule has 4 rings (SSSR count).